The summed E-state index contributed by atoms with van der Waals surface area (Å²) < 4.78 is 50.0. The number of sulfonamides is 1. The number of halogens is 2. The first-order valence-corrected chi connectivity index (χ1v) is 9.10. The minimum absolute atomic E-state index is 0.0976. The maximum absolute atomic E-state index is 12.9. The molecule has 0 radical (unpaired) electrons. The summed E-state index contributed by atoms with van der Waals surface area (Å²) in [5, 5.41) is -0.387. The van der Waals surface area contributed by atoms with Crippen LogP contribution in [0.15, 0.2) is 18.2 Å². The Morgan fingerprint density at radius 3 is 2.63 bits per heavy atom. The van der Waals surface area contributed by atoms with Gasteiger partial charge in [-0.05, 0) is 24.6 Å². The molecule has 0 heterocycles. The lowest BCUT2D eigenvalue weighted by Gasteiger charge is -2.11. The van der Waals surface area contributed by atoms with Crippen LogP contribution in [0.4, 0.5) is 4.39 Å². The van der Waals surface area contributed by atoms with Crippen LogP contribution in [0.3, 0.4) is 0 Å². The zero-order chi connectivity index (χ0) is 14.6. The van der Waals surface area contributed by atoms with Crippen molar-refractivity contribution < 1.29 is 17.0 Å². The van der Waals surface area contributed by atoms with Crippen molar-refractivity contribution in [3.8, 4) is 0 Å². The van der Waals surface area contributed by atoms with Crippen molar-refractivity contribution in [1.82, 2.24) is 4.72 Å². The number of benzene rings is 1. The Kier molecular flexibility index (Phi) is 5.91. The molecule has 1 rings (SSSR count). The minimum Gasteiger partial charge on any atom is -0.260 e. The zero-order valence-corrected chi connectivity index (χ0v) is 12.9. The molecule has 8 heteroatoms. The third-order valence-electron chi connectivity index (χ3n) is 2.50. The fraction of sp³-hybridized carbons (Fsp3) is 0.455. The lowest BCUT2D eigenvalue weighted by Crippen LogP contribution is -2.33. The lowest BCUT2D eigenvalue weighted by atomic mass is 10.2. The van der Waals surface area contributed by atoms with Gasteiger partial charge in [-0.15, -0.1) is 0 Å². The van der Waals surface area contributed by atoms with Gasteiger partial charge >= 0.3 is 0 Å². The molecule has 108 valence electrons. The quantitative estimate of drug-likeness (QED) is 0.864. The van der Waals surface area contributed by atoms with Crippen molar-refractivity contribution in [2.45, 2.75) is 17.9 Å². The molecular weight excluding hydrogens is 313 g/mol. The summed E-state index contributed by atoms with van der Waals surface area (Å²) in [6, 6.07) is 3.76. The molecule has 4 nitrogen and oxygen atoms in total. The highest BCUT2D eigenvalue weighted by Gasteiger charge is 2.15. The van der Waals surface area contributed by atoms with Crippen LogP contribution in [-0.2, 0) is 26.6 Å². The van der Waals surface area contributed by atoms with Gasteiger partial charge in [0.1, 0.15) is 5.82 Å². The maximum Gasteiger partial charge on any atom is 0.215 e. The molecule has 0 aliphatic rings. The normalized spacial score (nSPS) is 15.2. The van der Waals surface area contributed by atoms with E-state index >= 15 is 0 Å². The summed E-state index contributed by atoms with van der Waals surface area (Å²) in [5.41, 5.74) is 0.393. The molecule has 0 amide bonds. The first-order chi connectivity index (χ1) is 8.71. The van der Waals surface area contributed by atoms with Crippen LogP contribution in [0, 0.1) is 5.82 Å². The molecule has 1 aromatic rings. The van der Waals surface area contributed by atoms with E-state index in [0.717, 1.165) is 6.07 Å². The van der Waals surface area contributed by atoms with E-state index in [4.69, 9.17) is 11.6 Å². The van der Waals surface area contributed by atoms with Gasteiger partial charge in [-0.2, -0.15) is 0 Å². The molecule has 0 unspecified atom stereocenters. The van der Waals surface area contributed by atoms with Crippen molar-refractivity contribution in [2.75, 3.05) is 12.8 Å². The molecule has 1 N–H and O–H groups in total. The summed E-state index contributed by atoms with van der Waals surface area (Å²) in [5.74, 6) is -0.887. The Labute approximate surface area is 119 Å². The van der Waals surface area contributed by atoms with Gasteiger partial charge in [0.25, 0.3) is 0 Å². The van der Waals surface area contributed by atoms with Crippen LogP contribution < -0.4 is 4.72 Å². The molecule has 0 spiro atoms. The minimum atomic E-state index is -3.56. The highest BCUT2D eigenvalue weighted by molar-refractivity contribution is 7.88. The summed E-state index contributed by atoms with van der Waals surface area (Å²) in [4.78, 5) is 0. The standard InChI is InChI=1S/C11H15ClFNO3S2/c1-8(18(2)15)6-14-19(16,17)7-9-3-4-11(13)10(12)5-9/h3-5,8,14H,6-7H2,1-2H3/t8-,18+/m1/s1. The third-order valence-corrected chi connectivity index (χ3v) is 5.41. The van der Waals surface area contributed by atoms with Crippen molar-refractivity contribution in [2.24, 2.45) is 0 Å². The van der Waals surface area contributed by atoms with Crippen molar-refractivity contribution in [3.05, 3.63) is 34.6 Å². The molecule has 19 heavy (non-hydrogen) atoms. The van der Waals surface area contributed by atoms with E-state index < -0.39 is 26.6 Å². The fourth-order valence-electron chi connectivity index (χ4n) is 1.26. The van der Waals surface area contributed by atoms with Gasteiger partial charge in [0, 0.05) is 28.9 Å². The van der Waals surface area contributed by atoms with Crippen LogP contribution in [0.2, 0.25) is 5.02 Å². The van der Waals surface area contributed by atoms with Crippen LogP contribution in [0.1, 0.15) is 12.5 Å². The highest BCUT2D eigenvalue weighted by atomic mass is 35.5. The van der Waals surface area contributed by atoms with Gasteiger partial charge in [0.15, 0.2) is 0 Å². The second kappa shape index (κ2) is 6.78. The Balaban J connectivity index is 2.69. The van der Waals surface area contributed by atoms with E-state index in [0.29, 0.717) is 5.56 Å². The Morgan fingerprint density at radius 2 is 2.11 bits per heavy atom. The van der Waals surface area contributed by atoms with Crippen LogP contribution in [0.25, 0.3) is 0 Å². The molecule has 2 atom stereocenters. The summed E-state index contributed by atoms with van der Waals surface area (Å²) >= 11 is 5.58. The molecule has 1 aromatic carbocycles. The molecule has 0 fully saturated rings. The van der Waals surface area contributed by atoms with Gasteiger partial charge in [0.2, 0.25) is 10.0 Å². The van der Waals surface area contributed by atoms with Gasteiger partial charge in [-0.1, -0.05) is 17.7 Å². The number of rotatable bonds is 6. The second-order valence-electron chi connectivity index (χ2n) is 4.17. The van der Waals surface area contributed by atoms with E-state index in [1.807, 2.05) is 0 Å². The van der Waals surface area contributed by atoms with Crippen molar-refractivity contribution >= 4 is 32.4 Å². The van der Waals surface area contributed by atoms with Crippen LogP contribution >= 0.6 is 11.6 Å². The topological polar surface area (TPSA) is 63.2 Å². The Morgan fingerprint density at radius 1 is 1.47 bits per heavy atom. The molecule has 0 bridgehead atoms. The maximum atomic E-state index is 12.9. The van der Waals surface area contributed by atoms with Gasteiger partial charge < -0.3 is 0 Å². The summed E-state index contributed by atoms with van der Waals surface area (Å²) in [6.45, 7) is 1.79. The van der Waals surface area contributed by atoms with Crippen LogP contribution in [-0.4, -0.2) is 30.7 Å². The van der Waals surface area contributed by atoms with E-state index in [2.05, 4.69) is 4.72 Å². The van der Waals surface area contributed by atoms with E-state index in [9.17, 15) is 17.0 Å². The number of hydrogen-bond donors (Lipinski definition) is 1. The van der Waals surface area contributed by atoms with Crippen molar-refractivity contribution in [1.29, 1.82) is 0 Å². The molecule has 0 aliphatic heterocycles. The zero-order valence-electron chi connectivity index (χ0n) is 10.5. The Hall–Kier alpha value is -0.500. The smallest absolute Gasteiger partial charge is 0.215 e. The van der Waals surface area contributed by atoms with E-state index in [-0.39, 0.29) is 22.6 Å². The SMILES string of the molecule is C[C@H](CNS(=O)(=O)Cc1ccc(F)c(Cl)c1)[S@](C)=O. The molecule has 0 aromatic heterocycles. The predicted molar refractivity (Wildman–Crippen MR) is 75.6 cm³/mol. The molecule has 0 aliphatic carbocycles. The van der Waals surface area contributed by atoms with E-state index in [1.165, 1.54) is 18.4 Å². The largest absolute Gasteiger partial charge is 0.260 e. The first kappa shape index (κ1) is 16.6. The molecular formula is C11H15ClFNO3S2. The predicted octanol–water partition coefficient (Wildman–Crippen LogP) is 1.67. The van der Waals surface area contributed by atoms with Crippen LogP contribution in [0.5, 0.6) is 0 Å². The van der Waals surface area contributed by atoms with Gasteiger partial charge in [-0.3, -0.25) is 4.21 Å². The number of nitrogens with one attached hydrogen (secondary N) is 1. The summed E-state index contributed by atoms with van der Waals surface area (Å²) in [7, 11) is -4.65. The lowest BCUT2D eigenvalue weighted by molar-refractivity contribution is 0.579. The summed E-state index contributed by atoms with van der Waals surface area (Å²) in [6.07, 6.45) is 1.51. The van der Waals surface area contributed by atoms with Crippen molar-refractivity contribution in [3.63, 3.8) is 0 Å². The fourth-order valence-corrected chi connectivity index (χ4v) is 3.11. The molecule has 0 saturated heterocycles. The third kappa shape index (κ3) is 5.56. The van der Waals surface area contributed by atoms with E-state index in [1.54, 1.807) is 6.92 Å². The van der Waals surface area contributed by atoms with Gasteiger partial charge in [0.05, 0.1) is 10.8 Å². The monoisotopic (exact) mass is 327 g/mol. The number of hydrogen-bond acceptors (Lipinski definition) is 3. The highest BCUT2D eigenvalue weighted by Crippen LogP contribution is 2.17. The Bertz CT molecular complexity index is 577. The average Bonchev–Trinajstić information content (AvgIpc) is 2.30. The molecule has 0 saturated carbocycles. The average molecular weight is 328 g/mol. The van der Waals surface area contributed by atoms with Gasteiger partial charge in [-0.25, -0.2) is 17.5 Å². The second-order valence-corrected chi connectivity index (χ2v) is 8.18. The first-order valence-electron chi connectivity index (χ1n) is 5.45.